The van der Waals surface area contributed by atoms with Crippen molar-refractivity contribution in [1.82, 2.24) is 4.90 Å². The van der Waals surface area contributed by atoms with Crippen molar-refractivity contribution in [2.24, 2.45) is 0 Å². The third-order valence-electron chi connectivity index (χ3n) is 5.46. The zero-order chi connectivity index (χ0) is 20.1. The van der Waals surface area contributed by atoms with Crippen LogP contribution in [0.1, 0.15) is 33.8 Å². The zero-order valence-electron chi connectivity index (χ0n) is 16.3. The van der Waals surface area contributed by atoms with E-state index < -0.39 is 0 Å². The van der Waals surface area contributed by atoms with Gasteiger partial charge in [0, 0.05) is 19.0 Å². The van der Waals surface area contributed by atoms with E-state index in [1.54, 1.807) is 29.2 Å². The van der Waals surface area contributed by atoms with E-state index in [-0.39, 0.29) is 23.7 Å². The molecule has 0 aliphatic carbocycles. The summed E-state index contributed by atoms with van der Waals surface area (Å²) < 4.78 is 6.04. The highest BCUT2D eigenvalue weighted by Crippen LogP contribution is 2.31. The molecule has 1 aliphatic heterocycles. The minimum absolute atomic E-state index is 0.0204. The molecular weight excluding hydrogens is 362 g/mol. The molecule has 1 aliphatic rings. The van der Waals surface area contributed by atoms with E-state index in [4.69, 9.17) is 4.74 Å². The van der Waals surface area contributed by atoms with Crippen LogP contribution in [0.4, 0.5) is 0 Å². The van der Waals surface area contributed by atoms with E-state index in [1.165, 1.54) is 11.1 Å². The third kappa shape index (κ3) is 4.49. The smallest absolute Gasteiger partial charge is 0.257 e. The fraction of sp³-hybridized carbons (Fsp3) is 0.240. The van der Waals surface area contributed by atoms with Gasteiger partial charge < -0.3 is 14.7 Å². The Bertz CT molecular complexity index is 903. The van der Waals surface area contributed by atoms with Gasteiger partial charge in [-0.1, -0.05) is 72.8 Å². The molecule has 4 heteroatoms. The van der Waals surface area contributed by atoms with E-state index in [0.717, 1.165) is 6.42 Å². The largest absolute Gasteiger partial charge is 0.507 e. The van der Waals surface area contributed by atoms with Crippen LogP contribution in [0.25, 0.3) is 0 Å². The van der Waals surface area contributed by atoms with E-state index in [0.29, 0.717) is 25.3 Å². The number of rotatable bonds is 5. The van der Waals surface area contributed by atoms with Gasteiger partial charge in [-0.05, 0) is 29.7 Å². The molecule has 0 bridgehead atoms. The van der Waals surface area contributed by atoms with Crippen molar-refractivity contribution < 1.29 is 14.6 Å². The predicted molar refractivity (Wildman–Crippen MR) is 113 cm³/mol. The highest BCUT2D eigenvalue weighted by molar-refractivity contribution is 5.96. The van der Waals surface area contributed by atoms with Gasteiger partial charge in [0.05, 0.1) is 18.3 Å². The van der Waals surface area contributed by atoms with Crippen molar-refractivity contribution in [3.63, 3.8) is 0 Å². The number of para-hydroxylation sites is 1. The number of phenolic OH excluding ortho intramolecular Hbond substituents is 1. The normalized spacial score (nSPS) is 16.7. The summed E-state index contributed by atoms with van der Waals surface area (Å²) in [6.45, 7) is 1.55. The first-order chi connectivity index (χ1) is 14.2. The van der Waals surface area contributed by atoms with Crippen LogP contribution >= 0.6 is 0 Å². The van der Waals surface area contributed by atoms with Crippen LogP contribution in [0.2, 0.25) is 0 Å². The number of carbonyl (C=O) groups excluding carboxylic acids is 1. The maximum atomic E-state index is 12.9. The number of benzene rings is 3. The number of morpholine rings is 1. The summed E-state index contributed by atoms with van der Waals surface area (Å²) in [6.07, 6.45) is 0.724. The second kappa shape index (κ2) is 8.93. The molecule has 1 amide bonds. The van der Waals surface area contributed by atoms with Gasteiger partial charge in [-0.15, -0.1) is 0 Å². The lowest BCUT2D eigenvalue weighted by atomic mass is 9.86. The first-order valence-corrected chi connectivity index (χ1v) is 10.0. The summed E-state index contributed by atoms with van der Waals surface area (Å²) in [5.41, 5.74) is 2.83. The number of nitrogens with zero attached hydrogens (tertiary/aromatic N) is 1. The molecule has 148 valence electrons. The quantitative estimate of drug-likeness (QED) is 0.703. The summed E-state index contributed by atoms with van der Waals surface area (Å²) in [6, 6.07) is 27.6. The summed E-state index contributed by atoms with van der Waals surface area (Å²) in [5, 5.41) is 10.0. The molecule has 0 radical (unpaired) electrons. The monoisotopic (exact) mass is 387 g/mol. The topological polar surface area (TPSA) is 49.8 Å². The second-order valence-electron chi connectivity index (χ2n) is 7.37. The van der Waals surface area contributed by atoms with Crippen molar-refractivity contribution in [3.05, 3.63) is 102 Å². The molecule has 1 saturated heterocycles. The average Bonchev–Trinajstić information content (AvgIpc) is 2.79. The fourth-order valence-electron chi connectivity index (χ4n) is 3.97. The Morgan fingerprint density at radius 1 is 0.931 bits per heavy atom. The Balaban J connectivity index is 1.52. The van der Waals surface area contributed by atoms with Gasteiger partial charge in [0.2, 0.25) is 0 Å². The van der Waals surface area contributed by atoms with Gasteiger partial charge in [0.25, 0.3) is 5.91 Å². The van der Waals surface area contributed by atoms with Crippen molar-refractivity contribution in [2.45, 2.75) is 18.4 Å². The van der Waals surface area contributed by atoms with Crippen LogP contribution in [0.3, 0.4) is 0 Å². The summed E-state index contributed by atoms with van der Waals surface area (Å²) in [7, 11) is 0. The van der Waals surface area contributed by atoms with Crippen molar-refractivity contribution in [2.75, 3.05) is 19.7 Å². The van der Waals surface area contributed by atoms with Crippen molar-refractivity contribution in [3.8, 4) is 5.75 Å². The van der Waals surface area contributed by atoms with Gasteiger partial charge in [0.1, 0.15) is 5.75 Å². The maximum Gasteiger partial charge on any atom is 0.257 e. The predicted octanol–water partition coefficient (Wildman–Crippen LogP) is 4.46. The van der Waals surface area contributed by atoms with Crippen LogP contribution in [0.5, 0.6) is 5.75 Å². The molecule has 1 fully saturated rings. The lowest BCUT2D eigenvalue weighted by Crippen LogP contribution is -2.46. The van der Waals surface area contributed by atoms with Crippen LogP contribution in [-0.4, -0.2) is 41.7 Å². The van der Waals surface area contributed by atoms with Gasteiger partial charge in [0.15, 0.2) is 0 Å². The SMILES string of the molecule is O=C(c1ccccc1O)N1CCO[C@H](CC(c2ccccc2)c2ccccc2)C1. The molecule has 1 heterocycles. The molecule has 1 atom stereocenters. The first kappa shape index (κ1) is 19.2. The number of aromatic hydroxyl groups is 1. The minimum atomic E-state index is -0.146. The number of phenols is 1. The lowest BCUT2D eigenvalue weighted by molar-refractivity contribution is -0.0265. The number of carbonyl (C=O) groups is 1. The number of hydrogen-bond acceptors (Lipinski definition) is 3. The fourth-order valence-corrected chi connectivity index (χ4v) is 3.97. The van der Waals surface area contributed by atoms with Crippen LogP contribution in [-0.2, 0) is 4.74 Å². The molecule has 0 spiro atoms. The molecule has 4 rings (SSSR count). The van der Waals surface area contributed by atoms with Crippen molar-refractivity contribution >= 4 is 5.91 Å². The van der Waals surface area contributed by atoms with Gasteiger partial charge in [-0.25, -0.2) is 0 Å². The Kier molecular flexibility index (Phi) is 5.92. The minimum Gasteiger partial charge on any atom is -0.507 e. The molecule has 4 nitrogen and oxygen atoms in total. The second-order valence-corrected chi connectivity index (χ2v) is 7.37. The lowest BCUT2D eigenvalue weighted by Gasteiger charge is -2.35. The van der Waals surface area contributed by atoms with E-state index >= 15 is 0 Å². The van der Waals surface area contributed by atoms with E-state index in [1.807, 2.05) is 12.1 Å². The Morgan fingerprint density at radius 2 is 1.52 bits per heavy atom. The first-order valence-electron chi connectivity index (χ1n) is 10.0. The molecule has 0 saturated carbocycles. The number of ether oxygens (including phenoxy) is 1. The Labute approximate surface area is 171 Å². The molecule has 1 N–H and O–H groups in total. The van der Waals surface area contributed by atoms with Crippen LogP contribution in [0, 0.1) is 0 Å². The molecule has 3 aromatic carbocycles. The highest BCUT2D eigenvalue weighted by atomic mass is 16.5. The van der Waals surface area contributed by atoms with Crippen LogP contribution in [0.15, 0.2) is 84.9 Å². The average molecular weight is 387 g/mol. The third-order valence-corrected chi connectivity index (χ3v) is 5.46. The molecular formula is C25H25NO3. The summed E-state index contributed by atoms with van der Waals surface area (Å²) in [5.74, 6) is 0.0712. The van der Waals surface area contributed by atoms with Gasteiger partial charge in [-0.2, -0.15) is 0 Å². The Hall–Kier alpha value is -3.11. The van der Waals surface area contributed by atoms with Crippen LogP contribution < -0.4 is 0 Å². The Morgan fingerprint density at radius 3 is 2.14 bits per heavy atom. The maximum absolute atomic E-state index is 12.9. The zero-order valence-corrected chi connectivity index (χ0v) is 16.3. The standard InChI is InChI=1S/C25H25NO3/c27-24-14-8-7-13-22(24)25(28)26-15-16-29-21(18-26)17-23(19-9-3-1-4-10-19)20-11-5-2-6-12-20/h1-14,21,23,27H,15-18H2/t21-/m1/s1. The van der Waals surface area contributed by atoms with Gasteiger partial charge >= 0.3 is 0 Å². The van der Waals surface area contributed by atoms with E-state index in [9.17, 15) is 9.90 Å². The molecule has 29 heavy (non-hydrogen) atoms. The highest BCUT2D eigenvalue weighted by Gasteiger charge is 2.29. The van der Waals surface area contributed by atoms with Gasteiger partial charge in [-0.3, -0.25) is 4.79 Å². The molecule has 0 unspecified atom stereocenters. The summed E-state index contributed by atoms with van der Waals surface area (Å²) >= 11 is 0. The molecule has 3 aromatic rings. The number of amides is 1. The molecule has 0 aromatic heterocycles. The van der Waals surface area contributed by atoms with Crippen molar-refractivity contribution in [1.29, 1.82) is 0 Å². The summed E-state index contributed by atoms with van der Waals surface area (Å²) in [4.78, 5) is 14.7. The number of hydrogen-bond donors (Lipinski definition) is 1. The van der Waals surface area contributed by atoms with E-state index in [2.05, 4.69) is 48.5 Å².